The van der Waals surface area contributed by atoms with Gasteiger partial charge in [0.25, 0.3) is 5.91 Å². The van der Waals surface area contributed by atoms with E-state index in [0.29, 0.717) is 43.2 Å². The summed E-state index contributed by atoms with van der Waals surface area (Å²) in [5.74, 6) is -0.716. The molecule has 1 aliphatic rings. The van der Waals surface area contributed by atoms with Crippen molar-refractivity contribution in [3.05, 3.63) is 56.4 Å². The van der Waals surface area contributed by atoms with Gasteiger partial charge in [0.15, 0.2) is 23.3 Å². The number of carboxylic acids is 1. The minimum absolute atomic E-state index is 0.277. The van der Waals surface area contributed by atoms with Crippen molar-refractivity contribution in [1.82, 2.24) is 5.32 Å². The zero-order chi connectivity index (χ0) is 21.7. The first-order valence-electron chi connectivity index (χ1n) is 8.71. The summed E-state index contributed by atoms with van der Waals surface area (Å²) in [5.41, 5.74) is 1.31. The molecule has 0 aromatic heterocycles. The third-order valence-corrected chi connectivity index (χ3v) is 5.39. The van der Waals surface area contributed by atoms with Gasteiger partial charge in [-0.3, -0.25) is 4.79 Å². The van der Waals surface area contributed by atoms with Crippen LogP contribution in [-0.4, -0.2) is 35.4 Å². The normalized spacial score (nSPS) is 16.0. The second-order valence-electron chi connectivity index (χ2n) is 5.91. The summed E-state index contributed by atoms with van der Waals surface area (Å²) in [7, 11) is 0. The van der Waals surface area contributed by atoms with E-state index in [9.17, 15) is 9.59 Å². The fourth-order valence-corrected chi connectivity index (χ4v) is 4.10. The van der Waals surface area contributed by atoms with Crippen molar-refractivity contribution in [2.45, 2.75) is 6.92 Å². The highest BCUT2D eigenvalue weighted by Gasteiger charge is 2.24. The summed E-state index contributed by atoms with van der Waals surface area (Å²) >= 11 is 10.5. The zero-order valence-electron chi connectivity index (χ0n) is 15.6. The topological polar surface area (TPSA) is 97.2 Å². The molecule has 30 heavy (non-hydrogen) atoms. The Morgan fingerprint density at radius 1 is 1.33 bits per heavy atom. The monoisotopic (exact) mass is 510 g/mol. The number of halogens is 2. The number of thioether (sulfide) groups is 1. The van der Waals surface area contributed by atoms with Crippen LogP contribution in [0.5, 0.6) is 11.5 Å². The summed E-state index contributed by atoms with van der Waals surface area (Å²) < 4.78 is 11.4. The molecule has 2 aromatic carbocycles. The van der Waals surface area contributed by atoms with Crippen LogP contribution >= 0.6 is 39.3 Å². The molecule has 1 heterocycles. The molecule has 0 radical (unpaired) electrons. The summed E-state index contributed by atoms with van der Waals surface area (Å²) in [4.78, 5) is 28.0. The number of aliphatic carboxylic acids is 1. The Labute approximate surface area is 190 Å². The number of amidine groups is 1. The Bertz CT molecular complexity index is 1060. The number of ether oxygens (including phenoxy) is 2. The van der Waals surface area contributed by atoms with Gasteiger partial charge in [-0.2, -0.15) is 0 Å². The molecule has 156 valence electrons. The van der Waals surface area contributed by atoms with E-state index in [1.165, 1.54) is 11.8 Å². The van der Waals surface area contributed by atoms with Crippen molar-refractivity contribution >= 4 is 68.1 Å². The van der Waals surface area contributed by atoms with Gasteiger partial charge in [0.1, 0.15) is 0 Å². The number of carboxylic acid groups (broad SMARTS) is 1. The number of amides is 1. The first kappa shape index (κ1) is 22.2. The van der Waals surface area contributed by atoms with E-state index in [2.05, 4.69) is 26.2 Å². The number of nitrogens with one attached hydrogen (secondary N) is 1. The number of rotatable bonds is 7. The fourth-order valence-electron chi connectivity index (χ4n) is 2.50. The van der Waals surface area contributed by atoms with Gasteiger partial charge in [-0.1, -0.05) is 17.7 Å². The number of benzene rings is 2. The fraction of sp³-hybridized carbons (Fsp3) is 0.150. The Morgan fingerprint density at radius 2 is 2.13 bits per heavy atom. The Balaban J connectivity index is 1.86. The summed E-state index contributed by atoms with van der Waals surface area (Å²) in [6.07, 6.45) is 1.69. The van der Waals surface area contributed by atoms with Crippen molar-refractivity contribution in [3.8, 4) is 11.5 Å². The van der Waals surface area contributed by atoms with Crippen molar-refractivity contribution < 1.29 is 24.2 Å². The highest BCUT2D eigenvalue weighted by molar-refractivity contribution is 9.10. The van der Waals surface area contributed by atoms with Crippen LogP contribution in [0.15, 0.2) is 50.8 Å². The van der Waals surface area contributed by atoms with Gasteiger partial charge in [0, 0.05) is 5.02 Å². The Morgan fingerprint density at radius 3 is 2.83 bits per heavy atom. The number of aliphatic imine (C=N–C) groups is 1. The molecular formula is C20H16BrClN2O5S. The molecule has 10 heteroatoms. The van der Waals surface area contributed by atoms with Crippen molar-refractivity contribution in [1.29, 1.82) is 0 Å². The van der Waals surface area contributed by atoms with Gasteiger partial charge >= 0.3 is 5.97 Å². The lowest BCUT2D eigenvalue weighted by Crippen LogP contribution is -2.19. The molecular weight excluding hydrogens is 496 g/mol. The Hall–Kier alpha value is -2.49. The van der Waals surface area contributed by atoms with E-state index in [-0.39, 0.29) is 11.7 Å². The molecule has 2 N–H and O–H groups in total. The minimum atomic E-state index is -1.10. The predicted octanol–water partition coefficient (Wildman–Crippen LogP) is 4.86. The molecule has 0 atom stereocenters. The maximum absolute atomic E-state index is 12.3. The lowest BCUT2D eigenvalue weighted by molar-refractivity contribution is -0.139. The first-order chi connectivity index (χ1) is 14.4. The van der Waals surface area contributed by atoms with Gasteiger partial charge in [0.05, 0.1) is 21.7 Å². The van der Waals surface area contributed by atoms with Gasteiger partial charge in [-0.15, -0.1) is 0 Å². The lowest BCUT2D eigenvalue weighted by atomic mass is 10.2. The van der Waals surface area contributed by atoms with Gasteiger partial charge in [-0.05, 0) is 76.6 Å². The molecule has 0 saturated carbocycles. The van der Waals surface area contributed by atoms with Crippen LogP contribution in [0.2, 0.25) is 5.02 Å². The minimum Gasteiger partial charge on any atom is -0.490 e. The van der Waals surface area contributed by atoms with E-state index in [1.807, 2.05) is 0 Å². The summed E-state index contributed by atoms with van der Waals surface area (Å²) in [5, 5.41) is 12.6. The molecule has 3 rings (SSSR count). The Kier molecular flexibility index (Phi) is 7.41. The second kappa shape index (κ2) is 10.0. The number of carbonyl (C=O) groups is 2. The largest absolute Gasteiger partial charge is 0.490 e. The number of nitrogens with zero attached hydrogens (tertiary/aromatic N) is 1. The maximum atomic E-state index is 12.3. The molecule has 1 fully saturated rings. The van der Waals surface area contributed by atoms with E-state index in [0.717, 1.165) is 0 Å². The zero-order valence-corrected chi connectivity index (χ0v) is 18.8. The van der Waals surface area contributed by atoms with Crippen LogP contribution in [0.4, 0.5) is 5.69 Å². The number of hydrogen-bond donors (Lipinski definition) is 2. The molecule has 1 aliphatic heterocycles. The van der Waals surface area contributed by atoms with Crippen LogP contribution in [0.25, 0.3) is 6.08 Å². The number of hydrogen-bond acceptors (Lipinski definition) is 6. The smallest absolute Gasteiger partial charge is 0.341 e. The number of carbonyl (C=O) groups excluding carboxylic acids is 1. The standard InChI is InChI=1S/C20H16BrClN2O5S/c1-2-28-15-7-11(6-14(21)18(15)29-10-17(25)26)8-16-19(27)24-20(30-16)23-13-5-3-4-12(22)9-13/h3-9H,2,10H2,1H3,(H,25,26)(H,23,24,27)/b16-8+. The second-order valence-corrected chi connectivity index (χ2v) is 8.23. The summed E-state index contributed by atoms with van der Waals surface area (Å²) in [6, 6.07) is 10.4. The highest BCUT2D eigenvalue weighted by atomic mass is 79.9. The van der Waals surface area contributed by atoms with Gasteiger partial charge in [0.2, 0.25) is 0 Å². The van der Waals surface area contributed by atoms with E-state index in [1.54, 1.807) is 49.4 Å². The average molecular weight is 512 g/mol. The highest BCUT2D eigenvalue weighted by Crippen LogP contribution is 2.38. The molecule has 0 spiro atoms. The van der Waals surface area contributed by atoms with E-state index < -0.39 is 12.6 Å². The summed E-state index contributed by atoms with van der Waals surface area (Å²) in [6.45, 7) is 1.67. The molecule has 0 bridgehead atoms. The van der Waals surface area contributed by atoms with Crippen LogP contribution in [-0.2, 0) is 9.59 Å². The molecule has 1 saturated heterocycles. The molecule has 0 aliphatic carbocycles. The molecule has 2 aromatic rings. The van der Waals surface area contributed by atoms with Crippen molar-refractivity contribution in [2.75, 3.05) is 13.2 Å². The molecule has 1 amide bonds. The quantitative estimate of drug-likeness (QED) is 0.516. The molecule has 7 nitrogen and oxygen atoms in total. The van der Waals surface area contributed by atoms with E-state index in [4.69, 9.17) is 26.2 Å². The van der Waals surface area contributed by atoms with E-state index >= 15 is 0 Å². The van der Waals surface area contributed by atoms with Crippen molar-refractivity contribution in [3.63, 3.8) is 0 Å². The predicted molar refractivity (Wildman–Crippen MR) is 121 cm³/mol. The van der Waals surface area contributed by atoms with Crippen LogP contribution in [0, 0.1) is 0 Å². The van der Waals surface area contributed by atoms with Crippen LogP contribution in [0.3, 0.4) is 0 Å². The first-order valence-corrected chi connectivity index (χ1v) is 10.7. The van der Waals surface area contributed by atoms with Crippen LogP contribution < -0.4 is 14.8 Å². The SMILES string of the molecule is CCOc1cc(/C=C2/SC(=Nc3cccc(Cl)c3)NC2=O)cc(Br)c1OCC(=O)O. The van der Waals surface area contributed by atoms with Crippen LogP contribution in [0.1, 0.15) is 12.5 Å². The van der Waals surface area contributed by atoms with Gasteiger partial charge < -0.3 is 19.9 Å². The van der Waals surface area contributed by atoms with Crippen molar-refractivity contribution in [2.24, 2.45) is 4.99 Å². The average Bonchev–Trinajstić information content (AvgIpc) is 3.00. The third-order valence-electron chi connectivity index (χ3n) is 3.66. The molecule has 0 unspecified atom stereocenters. The lowest BCUT2D eigenvalue weighted by Gasteiger charge is -2.13. The maximum Gasteiger partial charge on any atom is 0.341 e. The third kappa shape index (κ3) is 5.78. The van der Waals surface area contributed by atoms with Gasteiger partial charge in [-0.25, -0.2) is 9.79 Å².